The summed E-state index contributed by atoms with van der Waals surface area (Å²) in [4.78, 5) is 4.32. The SMILES string of the molecule is Cc1ccccc1C1CC(NCc2ccnc(OC3CCOC3)c2)C1. The van der Waals surface area contributed by atoms with Crippen molar-refractivity contribution in [2.45, 2.75) is 50.8 Å². The van der Waals surface area contributed by atoms with Gasteiger partial charge in [-0.15, -0.1) is 0 Å². The number of hydrogen-bond acceptors (Lipinski definition) is 4. The van der Waals surface area contributed by atoms with Crippen LogP contribution in [0.15, 0.2) is 42.6 Å². The van der Waals surface area contributed by atoms with Crippen LogP contribution in [-0.4, -0.2) is 30.3 Å². The fourth-order valence-electron chi connectivity index (χ4n) is 3.75. The maximum atomic E-state index is 5.89. The van der Waals surface area contributed by atoms with Crippen molar-refractivity contribution in [3.8, 4) is 5.88 Å². The molecule has 2 heterocycles. The third kappa shape index (κ3) is 4.02. The Bertz CT molecular complexity index is 707. The average molecular weight is 338 g/mol. The number of ether oxygens (including phenoxy) is 2. The molecular formula is C21H26N2O2. The molecule has 1 saturated carbocycles. The molecule has 1 unspecified atom stereocenters. The fourth-order valence-corrected chi connectivity index (χ4v) is 3.75. The fraction of sp³-hybridized carbons (Fsp3) is 0.476. The van der Waals surface area contributed by atoms with E-state index >= 15 is 0 Å². The summed E-state index contributed by atoms with van der Waals surface area (Å²) >= 11 is 0. The van der Waals surface area contributed by atoms with E-state index in [9.17, 15) is 0 Å². The van der Waals surface area contributed by atoms with Gasteiger partial charge in [0.05, 0.1) is 13.2 Å². The molecule has 1 saturated heterocycles. The lowest BCUT2D eigenvalue weighted by Crippen LogP contribution is -2.39. The Morgan fingerprint density at radius 2 is 2.12 bits per heavy atom. The Labute approximate surface area is 149 Å². The summed E-state index contributed by atoms with van der Waals surface area (Å²) in [6.07, 6.45) is 5.38. The average Bonchev–Trinajstić information content (AvgIpc) is 3.08. The first-order valence-corrected chi connectivity index (χ1v) is 9.26. The Kier molecular flexibility index (Phi) is 4.99. The van der Waals surface area contributed by atoms with Crippen LogP contribution in [0.25, 0.3) is 0 Å². The van der Waals surface area contributed by atoms with Crippen molar-refractivity contribution in [2.75, 3.05) is 13.2 Å². The number of hydrogen-bond donors (Lipinski definition) is 1. The van der Waals surface area contributed by atoms with E-state index in [0.717, 1.165) is 19.6 Å². The van der Waals surface area contributed by atoms with E-state index in [4.69, 9.17) is 9.47 Å². The highest BCUT2D eigenvalue weighted by Gasteiger charge is 2.30. The van der Waals surface area contributed by atoms with E-state index in [1.54, 1.807) is 0 Å². The number of nitrogens with one attached hydrogen (secondary N) is 1. The second kappa shape index (κ2) is 7.54. The molecule has 0 bridgehead atoms. The van der Waals surface area contributed by atoms with Gasteiger partial charge in [0.1, 0.15) is 6.10 Å². The van der Waals surface area contributed by atoms with Crippen LogP contribution in [0.2, 0.25) is 0 Å². The molecule has 2 aromatic rings. The second-order valence-corrected chi connectivity index (χ2v) is 7.21. The molecule has 132 valence electrons. The number of pyridine rings is 1. The van der Waals surface area contributed by atoms with Crippen LogP contribution in [0.5, 0.6) is 5.88 Å². The lowest BCUT2D eigenvalue weighted by Gasteiger charge is -2.37. The predicted molar refractivity (Wildman–Crippen MR) is 97.9 cm³/mol. The smallest absolute Gasteiger partial charge is 0.213 e. The normalized spacial score (nSPS) is 25.6. The molecule has 2 fully saturated rings. The lowest BCUT2D eigenvalue weighted by molar-refractivity contribution is 0.138. The minimum atomic E-state index is 0.150. The van der Waals surface area contributed by atoms with E-state index in [0.29, 0.717) is 24.4 Å². The Morgan fingerprint density at radius 1 is 1.24 bits per heavy atom. The zero-order chi connectivity index (χ0) is 17.1. The minimum absolute atomic E-state index is 0.150. The van der Waals surface area contributed by atoms with Gasteiger partial charge in [-0.1, -0.05) is 24.3 Å². The number of aromatic nitrogens is 1. The topological polar surface area (TPSA) is 43.4 Å². The largest absolute Gasteiger partial charge is 0.472 e. The van der Waals surface area contributed by atoms with Gasteiger partial charge in [-0.25, -0.2) is 4.98 Å². The Hall–Kier alpha value is -1.91. The van der Waals surface area contributed by atoms with Crippen LogP contribution >= 0.6 is 0 Å². The predicted octanol–water partition coefficient (Wildman–Crippen LogP) is 3.59. The molecule has 1 aliphatic heterocycles. The molecular weight excluding hydrogens is 312 g/mol. The highest BCUT2D eigenvalue weighted by Crippen LogP contribution is 2.38. The molecule has 1 N–H and O–H groups in total. The van der Waals surface area contributed by atoms with Gasteiger partial charge in [0.25, 0.3) is 0 Å². The molecule has 4 heteroatoms. The maximum absolute atomic E-state index is 5.89. The van der Waals surface area contributed by atoms with Crippen LogP contribution in [0.4, 0.5) is 0 Å². The quantitative estimate of drug-likeness (QED) is 0.874. The molecule has 1 aliphatic carbocycles. The van der Waals surface area contributed by atoms with Gasteiger partial charge in [0.15, 0.2) is 0 Å². The number of rotatable bonds is 6. The van der Waals surface area contributed by atoms with E-state index in [2.05, 4.69) is 47.6 Å². The van der Waals surface area contributed by atoms with E-state index in [1.165, 1.54) is 29.5 Å². The van der Waals surface area contributed by atoms with Gasteiger partial charge in [0.2, 0.25) is 5.88 Å². The van der Waals surface area contributed by atoms with Crippen LogP contribution in [0.1, 0.15) is 41.9 Å². The third-order valence-electron chi connectivity index (χ3n) is 5.34. The van der Waals surface area contributed by atoms with Gasteiger partial charge < -0.3 is 14.8 Å². The molecule has 0 amide bonds. The van der Waals surface area contributed by atoms with Crippen molar-refractivity contribution in [1.82, 2.24) is 10.3 Å². The first-order valence-electron chi connectivity index (χ1n) is 9.26. The van der Waals surface area contributed by atoms with Crippen molar-refractivity contribution in [3.05, 3.63) is 59.3 Å². The first kappa shape index (κ1) is 16.6. The molecule has 2 aliphatic rings. The zero-order valence-corrected chi connectivity index (χ0v) is 14.8. The summed E-state index contributed by atoms with van der Waals surface area (Å²) in [6.45, 7) is 4.54. The first-order chi connectivity index (χ1) is 12.3. The summed E-state index contributed by atoms with van der Waals surface area (Å²) in [5, 5.41) is 3.67. The van der Waals surface area contributed by atoms with E-state index in [1.807, 2.05) is 12.3 Å². The Balaban J connectivity index is 1.26. The van der Waals surface area contributed by atoms with Crippen LogP contribution in [-0.2, 0) is 11.3 Å². The van der Waals surface area contributed by atoms with Crippen LogP contribution in [0.3, 0.4) is 0 Å². The molecule has 0 radical (unpaired) electrons. The molecule has 1 atom stereocenters. The highest BCUT2D eigenvalue weighted by molar-refractivity contribution is 5.31. The van der Waals surface area contributed by atoms with Crippen molar-refractivity contribution in [3.63, 3.8) is 0 Å². The van der Waals surface area contributed by atoms with Crippen molar-refractivity contribution >= 4 is 0 Å². The summed E-state index contributed by atoms with van der Waals surface area (Å²) in [5.41, 5.74) is 4.15. The summed E-state index contributed by atoms with van der Waals surface area (Å²) in [6, 6.07) is 13.5. The highest BCUT2D eigenvalue weighted by atomic mass is 16.5. The molecule has 4 rings (SSSR count). The maximum Gasteiger partial charge on any atom is 0.213 e. The van der Waals surface area contributed by atoms with Crippen molar-refractivity contribution in [2.24, 2.45) is 0 Å². The molecule has 1 aromatic carbocycles. The lowest BCUT2D eigenvalue weighted by atomic mass is 9.74. The van der Waals surface area contributed by atoms with E-state index < -0.39 is 0 Å². The summed E-state index contributed by atoms with van der Waals surface area (Å²) in [5.74, 6) is 1.42. The standard InChI is InChI=1S/C21H26N2O2/c1-15-4-2-3-5-20(15)17-11-18(12-17)23-13-16-6-8-22-21(10-16)25-19-7-9-24-14-19/h2-6,8,10,17-19,23H,7,9,11-14H2,1H3. The number of aryl methyl sites for hydroxylation is 1. The molecule has 4 nitrogen and oxygen atoms in total. The molecule has 1 aromatic heterocycles. The van der Waals surface area contributed by atoms with Gasteiger partial charge in [-0.3, -0.25) is 0 Å². The van der Waals surface area contributed by atoms with Gasteiger partial charge >= 0.3 is 0 Å². The van der Waals surface area contributed by atoms with Crippen molar-refractivity contribution in [1.29, 1.82) is 0 Å². The zero-order valence-electron chi connectivity index (χ0n) is 14.8. The van der Waals surface area contributed by atoms with Gasteiger partial charge in [0, 0.05) is 31.3 Å². The second-order valence-electron chi connectivity index (χ2n) is 7.21. The van der Waals surface area contributed by atoms with Crippen molar-refractivity contribution < 1.29 is 9.47 Å². The van der Waals surface area contributed by atoms with Crippen LogP contribution in [0, 0.1) is 6.92 Å². The minimum Gasteiger partial charge on any atom is -0.472 e. The Morgan fingerprint density at radius 3 is 2.92 bits per heavy atom. The summed E-state index contributed by atoms with van der Waals surface area (Å²) in [7, 11) is 0. The number of nitrogens with zero attached hydrogens (tertiary/aromatic N) is 1. The van der Waals surface area contributed by atoms with E-state index in [-0.39, 0.29) is 6.10 Å². The molecule has 0 spiro atoms. The number of benzene rings is 1. The van der Waals surface area contributed by atoms with Gasteiger partial charge in [-0.05, 0) is 48.4 Å². The molecule has 25 heavy (non-hydrogen) atoms. The summed E-state index contributed by atoms with van der Waals surface area (Å²) < 4.78 is 11.2. The van der Waals surface area contributed by atoms with Gasteiger partial charge in [-0.2, -0.15) is 0 Å². The monoisotopic (exact) mass is 338 g/mol. The van der Waals surface area contributed by atoms with Crippen LogP contribution < -0.4 is 10.1 Å². The third-order valence-corrected chi connectivity index (χ3v) is 5.34.